The molecule has 0 bridgehead atoms. The van der Waals surface area contributed by atoms with Crippen molar-refractivity contribution in [2.24, 2.45) is 0 Å². The first kappa shape index (κ1) is 20.4. The van der Waals surface area contributed by atoms with Crippen molar-refractivity contribution < 1.29 is 9.53 Å². The first-order valence-electron chi connectivity index (χ1n) is 10.1. The van der Waals surface area contributed by atoms with E-state index < -0.39 is 0 Å². The van der Waals surface area contributed by atoms with E-state index in [1.54, 1.807) is 13.3 Å². The van der Waals surface area contributed by atoms with Crippen LogP contribution in [0.25, 0.3) is 0 Å². The Morgan fingerprint density at radius 1 is 1.10 bits per heavy atom. The van der Waals surface area contributed by atoms with Crippen LogP contribution >= 0.6 is 11.3 Å². The molecule has 1 fully saturated rings. The predicted octanol–water partition coefficient (Wildman–Crippen LogP) is 4.12. The zero-order chi connectivity index (χ0) is 20.8. The molecular weight excluding hydrogens is 396 g/mol. The first-order chi connectivity index (χ1) is 14.7. The fourth-order valence-electron chi connectivity index (χ4n) is 3.68. The maximum Gasteiger partial charge on any atom is 0.265 e. The number of ether oxygens (including phenoxy) is 1. The minimum atomic E-state index is -0.0960. The summed E-state index contributed by atoms with van der Waals surface area (Å²) >= 11 is 1.43. The SMILES string of the molecule is COc1ccccc1CN1CCCN(c2ccc(NC(=O)c3cccs3)cn2)CC1. The molecule has 156 valence electrons. The lowest BCUT2D eigenvalue weighted by molar-refractivity contribution is 0.103. The third-order valence-electron chi connectivity index (χ3n) is 5.25. The fraction of sp³-hybridized carbons (Fsp3) is 0.304. The monoisotopic (exact) mass is 422 g/mol. The molecule has 0 unspecified atom stereocenters. The number of anilines is 2. The number of benzene rings is 1. The van der Waals surface area contributed by atoms with Gasteiger partial charge in [0.1, 0.15) is 11.6 Å². The van der Waals surface area contributed by atoms with E-state index in [-0.39, 0.29) is 5.91 Å². The molecule has 2 aromatic heterocycles. The number of amides is 1. The molecule has 0 radical (unpaired) electrons. The highest BCUT2D eigenvalue weighted by molar-refractivity contribution is 7.12. The van der Waals surface area contributed by atoms with Crippen LogP contribution in [0.4, 0.5) is 11.5 Å². The van der Waals surface area contributed by atoms with Gasteiger partial charge in [0.15, 0.2) is 0 Å². The smallest absolute Gasteiger partial charge is 0.265 e. The number of hydrogen-bond donors (Lipinski definition) is 1. The number of hydrogen-bond acceptors (Lipinski definition) is 6. The number of rotatable bonds is 6. The van der Waals surface area contributed by atoms with Gasteiger partial charge in [-0.15, -0.1) is 11.3 Å². The van der Waals surface area contributed by atoms with E-state index in [4.69, 9.17) is 4.74 Å². The highest BCUT2D eigenvalue weighted by atomic mass is 32.1. The van der Waals surface area contributed by atoms with Crippen LogP contribution in [0.1, 0.15) is 21.7 Å². The summed E-state index contributed by atoms with van der Waals surface area (Å²) in [5.41, 5.74) is 1.93. The molecule has 0 saturated carbocycles. The molecule has 1 amide bonds. The lowest BCUT2D eigenvalue weighted by Gasteiger charge is -2.23. The second kappa shape index (κ2) is 9.73. The number of aromatic nitrogens is 1. The molecule has 1 aliphatic rings. The third kappa shape index (κ3) is 4.98. The molecule has 3 aromatic rings. The van der Waals surface area contributed by atoms with E-state index in [9.17, 15) is 4.79 Å². The van der Waals surface area contributed by atoms with E-state index in [1.165, 1.54) is 16.9 Å². The second-order valence-corrected chi connectivity index (χ2v) is 8.21. The van der Waals surface area contributed by atoms with Crippen molar-refractivity contribution in [3.63, 3.8) is 0 Å². The number of methoxy groups -OCH3 is 1. The van der Waals surface area contributed by atoms with E-state index in [0.29, 0.717) is 10.6 Å². The standard InChI is InChI=1S/C23H26N4O2S/c1-29-20-7-3-2-6-18(20)17-26-11-5-12-27(14-13-26)22-10-9-19(16-24-22)25-23(28)21-8-4-15-30-21/h2-4,6-10,15-16H,5,11-14,17H2,1H3,(H,25,28). The summed E-state index contributed by atoms with van der Waals surface area (Å²) in [6.45, 7) is 4.79. The van der Waals surface area contributed by atoms with Gasteiger partial charge in [-0.3, -0.25) is 9.69 Å². The molecule has 3 heterocycles. The topological polar surface area (TPSA) is 57.7 Å². The van der Waals surface area contributed by atoms with Gasteiger partial charge >= 0.3 is 0 Å². The van der Waals surface area contributed by atoms with Gasteiger partial charge in [-0.1, -0.05) is 24.3 Å². The van der Waals surface area contributed by atoms with Crippen LogP contribution in [0, 0.1) is 0 Å². The average Bonchev–Trinajstić information content (AvgIpc) is 3.22. The number of thiophene rings is 1. The van der Waals surface area contributed by atoms with Crippen molar-refractivity contribution in [1.29, 1.82) is 0 Å². The molecule has 1 saturated heterocycles. The Balaban J connectivity index is 1.34. The number of para-hydroxylation sites is 1. The number of nitrogens with one attached hydrogen (secondary N) is 1. The lowest BCUT2D eigenvalue weighted by Crippen LogP contribution is -2.31. The molecule has 7 heteroatoms. The second-order valence-electron chi connectivity index (χ2n) is 7.27. The van der Waals surface area contributed by atoms with Crippen LogP contribution in [-0.2, 0) is 6.54 Å². The van der Waals surface area contributed by atoms with Crippen molar-refractivity contribution in [2.45, 2.75) is 13.0 Å². The zero-order valence-corrected chi connectivity index (χ0v) is 17.9. The normalized spacial score (nSPS) is 14.9. The van der Waals surface area contributed by atoms with Gasteiger partial charge in [0.25, 0.3) is 5.91 Å². The van der Waals surface area contributed by atoms with E-state index in [1.807, 2.05) is 41.8 Å². The number of nitrogens with zero attached hydrogens (tertiary/aromatic N) is 3. The summed E-state index contributed by atoms with van der Waals surface area (Å²) in [4.78, 5) is 22.3. The van der Waals surface area contributed by atoms with Gasteiger partial charge in [0.05, 0.1) is 23.9 Å². The average molecular weight is 423 g/mol. The van der Waals surface area contributed by atoms with Crippen molar-refractivity contribution in [3.05, 3.63) is 70.5 Å². The number of carbonyl (C=O) groups excluding carboxylic acids is 1. The molecule has 0 spiro atoms. The highest BCUT2D eigenvalue weighted by Crippen LogP contribution is 2.22. The van der Waals surface area contributed by atoms with Gasteiger partial charge < -0.3 is 15.0 Å². The molecule has 30 heavy (non-hydrogen) atoms. The highest BCUT2D eigenvalue weighted by Gasteiger charge is 2.17. The fourth-order valence-corrected chi connectivity index (χ4v) is 4.30. The quantitative estimate of drug-likeness (QED) is 0.648. The van der Waals surface area contributed by atoms with E-state index in [2.05, 4.69) is 32.2 Å². The Kier molecular flexibility index (Phi) is 6.61. The van der Waals surface area contributed by atoms with Crippen LogP contribution < -0.4 is 15.0 Å². The van der Waals surface area contributed by atoms with Crippen LogP contribution in [0.15, 0.2) is 60.1 Å². The molecule has 0 aliphatic carbocycles. The first-order valence-corrected chi connectivity index (χ1v) is 11.0. The van der Waals surface area contributed by atoms with Crippen molar-refractivity contribution in [3.8, 4) is 5.75 Å². The van der Waals surface area contributed by atoms with Crippen LogP contribution in [0.3, 0.4) is 0 Å². The maximum absolute atomic E-state index is 12.2. The summed E-state index contributed by atoms with van der Waals surface area (Å²) in [6.07, 6.45) is 2.81. The number of pyridine rings is 1. The van der Waals surface area contributed by atoms with Crippen molar-refractivity contribution >= 4 is 28.7 Å². The maximum atomic E-state index is 12.2. The summed E-state index contributed by atoms with van der Waals surface area (Å²) < 4.78 is 5.49. The van der Waals surface area contributed by atoms with Gasteiger partial charge in [0, 0.05) is 38.3 Å². The summed E-state index contributed by atoms with van der Waals surface area (Å²) in [5.74, 6) is 1.80. The van der Waals surface area contributed by atoms with Gasteiger partial charge in [-0.2, -0.15) is 0 Å². The molecule has 1 aliphatic heterocycles. The summed E-state index contributed by atoms with van der Waals surface area (Å²) in [7, 11) is 1.72. The van der Waals surface area contributed by atoms with Crippen molar-refractivity contribution in [2.75, 3.05) is 43.5 Å². The van der Waals surface area contributed by atoms with Crippen molar-refractivity contribution in [1.82, 2.24) is 9.88 Å². The van der Waals surface area contributed by atoms with Crippen LogP contribution in [-0.4, -0.2) is 49.1 Å². The zero-order valence-electron chi connectivity index (χ0n) is 17.1. The predicted molar refractivity (Wildman–Crippen MR) is 122 cm³/mol. The Bertz CT molecular complexity index is 960. The molecule has 6 nitrogen and oxygen atoms in total. The Morgan fingerprint density at radius 2 is 2.00 bits per heavy atom. The van der Waals surface area contributed by atoms with E-state index >= 15 is 0 Å². The Labute approximate surface area is 181 Å². The molecule has 0 atom stereocenters. The van der Waals surface area contributed by atoms with Gasteiger partial charge in [-0.25, -0.2) is 4.98 Å². The molecule has 1 aromatic carbocycles. The third-order valence-corrected chi connectivity index (χ3v) is 6.12. The summed E-state index contributed by atoms with van der Waals surface area (Å²) in [6, 6.07) is 15.8. The number of carbonyl (C=O) groups is 1. The minimum Gasteiger partial charge on any atom is -0.496 e. The van der Waals surface area contributed by atoms with Crippen LogP contribution in [0.2, 0.25) is 0 Å². The Morgan fingerprint density at radius 3 is 2.77 bits per heavy atom. The molecule has 1 N–H and O–H groups in total. The molecule has 4 rings (SSSR count). The largest absolute Gasteiger partial charge is 0.496 e. The minimum absolute atomic E-state index is 0.0960. The lowest BCUT2D eigenvalue weighted by atomic mass is 10.2. The van der Waals surface area contributed by atoms with Crippen LogP contribution in [0.5, 0.6) is 5.75 Å². The molecular formula is C23H26N4O2S. The summed E-state index contributed by atoms with van der Waals surface area (Å²) in [5, 5.41) is 4.80. The Hall–Kier alpha value is -2.90. The van der Waals surface area contributed by atoms with E-state index in [0.717, 1.165) is 50.7 Å². The van der Waals surface area contributed by atoms with Gasteiger partial charge in [-0.05, 0) is 36.1 Å². The van der Waals surface area contributed by atoms with Gasteiger partial charge in [0.2, 0.25) is 0 Å².